The Bertz CT molecular complexity index is 1450. The number of aromatic nitrogens is 4. The monoisotopic (exact) mass is 462 g/mol. The molecule has 0 bridgehead atoms. The lowest BCUT2D eigenvalue weighted by Gasteiger charge is -2.12. The van der Waals surface area contributed by atoms with Crippen molar-refractivity contribution in [3.05, 3.63) is 86.7 Å². The Morgan fingerprint density at radius 1 is 0.897 bits per heavy atom. The van der Waals surface area contributed by atoms with Gasteiger partial charge in [-0.2, -0.15) is 0 Å². The van der Waals surface area contributed by atoms with Crippen LogP contribution in [0.5, 0.6) is 0 Å². The van der Waals surface area contributed by atoms with Crippen LogP contribution in [0.15, 0.2) is 76.3 Å². The van der Waals surface area contributed by atoms with Gasteiger partial charge in [0.25, 0.3) is 0 Å². The van der Waals surface area contributed by atoms with Gasteiger partial charge in [0.2, 0.25) is 5.43 Å². The molecule has 2 aromatic carbocycles. The van der Waals surface area contributed by atoms with E-state index in [0.717, 1.165) is 16.5 Å². The van der Waals surface area contributed by atoms with Crippen molar-refractivity contribution in [2.75, 3.05) is 0 Å². The summed E-state index contributed by atoms with van der Waals surface area (Å²) in [6, 6.07) is 17.3. The summed E-state index contributed by atoms with van der Waals surface area (Å²) in [6.07, 6.45) is 3.28. The number of fused-ring (bicyclic) bond motifs is 2. The Balaban J connectivity index is 1.88. The Morgan fingerprint density at radius 2 is 1.69 bits per heavy atom. The maximum absolute atomic E-state index is 12.6. The Kier molecular flexibility index (Phi) is 4.38. The number of nitrogens with one attached hydrogen (secondary N) is 1. The van der Waals surface area contributed by atoms with E-state index in [2.05, 4.69) is 25.9 Å². The van der Waals surface area contributed by atoms with E-state index in [1.165, 1.54) is 0 Å². The van der Waals surface area contributed by atoms with E-state index in [9.17, 15) is 4.79 Å². The fourth-order valence-electron chi connectivity index (χ4n) is 3.29. The first-order chi connectivity index (χ1) is 14.1. The largest absolute Gasteiger partial charge is 0.343 e. The van der Waals surface area contributed by atoms with E-state index in [1.54, 1.807) is 12.4 Å². The van der Waals surface area contributed by atoms with Gasteiger partial charge in [-0.05, 0) is 34.1 Å². The fraction of sp³-hybridized carbons (Fsp3) is 0. The molecule has 0 spiro atoms. The maximum Gasteiger partial charge on any atom is 0.223 e. The van der Waals surface area contributed by atoms with Gasteiger partial charge in [-0.1, -0.05) is 48.0 Å². The van der Waals surface area contributed by atoms with Crippen molar-refractivity contribution in [3.63, 3.8) is 0 Å². The third kappa shape index (κ3) is 3.10. The van der Waals surface area contributed by atoms with E-state index in [1.807, 2.05) is 54.6 Å². The van der Waals surface area contributed by atoms with Crippen LogP contribution in [0.4, 0.5) is 0 Å². The zero-order valence-electron chi connectivity index (χ0n) is 14.9. The van der Waals surface area contributed by atoms with Crippen LogP contribution in [0.3, 0.4) is 0 Å². The first-order valence-corrected chi connectivity index (χ1v) is 9.98. The Hall–Kier alpha value is -3.09. The number of hydrogen-bond acceptors (Lipinski definition) is 4. The van der Waals surface area contributed by atoms with Gasteiger partial charge < -0.3 is 4.98 Å². The highest BCUT2D eigenvalue weighted by molar-refractivity contribution is 9.10. The summed E-state index contributed by atoms with van der Waals surface area (Å²) in [5.74, 6) is 0. The van der Waals surface area contributed by atoms with Crippen molar-refractivity contribution in [3.8, 4) is 22.5 Å². The molecule has 0 saturated carbocycles. The standard InChI is InChI=1S/C22H12BrClN4O/c23-15-11-26-22-20(21(15)29)27-19(18(28-22)12-5-2-1-3-6-12)14-9-13-7-4-8-25-17(13)16(24)10-14/h1-11H,(H,26,28,29). The van der Waals surface area contributed by atoms with Crippen LogP contribution < -0.4 is 5.43 Å². The van der Waals surface area contributed by atoms with Crippen LogP contribution in [0.2, 0.25) is 5.02 Å². The van der Waals surface area contributed by atoms with Gasteiger partial charge in [0.05, 0.1) is 26.4 Å². The molecule has 29 heavy (non-hydrogen) atoms. The summed E-state index contributed by atoms with van der Waals surface area (Å²) in [6.45, 7) is 0. The number of rotatable bonds is 2. The first-order valence-electron chi connectivity index (χ1n) is 8.81. The van der Waals surface area contributed by atoms with Gasteiger partial charge in [0.1, 0.15) is 0 Å². The second-order valence-electron chi connectivity index (χ2n) is 6.48. The maximum atomic E-state index is 12.6. The van der Waals surface area contributed by atoms with E-state index in [4.69, 9.17) is 21.6 Å². The molecule has 0 radical (unpaired) electrons. The van der Waals surface area contributed by atoms with Crippen molar-refractivity contribution in [2.24, 2.45) is 0 Å². The summed E-state index contributed by atoms with van der Waals surface area (Å²) in [5, 5.41) is 1.40. The number of nitrogens with zero attached hydrogens (tertiary/aromatic N) is 3. The smallest absolute Gasteiger partial charge is 0.223 e. The molecule has 1 N–H and O–H groups in total. The highest BCUT2D eigenvalue weighted by atomic mass is 79.9. The van der Waals surface area contributed by atoms with Crippen LogP contribution in [0.25, 0.3) is 44.6 Å². The molecule has 3 aromatic heterocycles. The van der Waals surface area contributed by atoms with Crippen molar-refractivity contribution in [2.45, 2.75) is 0 Å². The highest BCUT2D eigenvalue weighted by Crippen LogP contribution is 2.34. The lowest BCUT2D eigenvalue weighted by molar-refractivity contribution is 1.21. The first kappa shape index (κ1) is 18.0. The van der Waals surface area contributed by atoms with Gasteiger partial charge in [0.15, 0.2) is 11.2 Å². The van der Waals surface area contributed by atoms with Crippen LogP contribution in [0.1, 0.15) is 0 Å². The average Bonchev–Trinajstić information content (AvgIpc) is 2.76. The van der Waals surface area contributed by atoms with E-state index < -0.39 is 0 Å². The molecule has 0 amide bonds. The Labute approximate surface area is 178 Å². The molecule has 3 heterocycles. The van der Waals surface area contributed by atoms with Gasteiger partial charge in [0, 0.05) is 28.9 Å². The van der Waals surface area contributed by atoms with E-state index in [-0.39, 0.29) is 10.9 Å². The summed E-state index contributed by atoms with van der Waals surface area (Å²) >= 11 is 9.76. The van der Waals surface area contributed by atoms with Crippen molar-refractivity contribution < 1.29 is 0 Å². The second kappa shape index (κ2) is 7.06. The average molecular weight is 464 g/mol. The summed E-state index contributed by atoms with van der Waals surface area (Å²) in [7, 11) is 0. The SMILES string of the molecule is O=c1c(Br)c[nH]c2nc(-c3ccccc3)c(-c3cc(Cl)c4ncccc4c3)nc12. The summed E-state index contributed by atoms with van der Waals surface area (Å²) in [5.41, 5.74) is 4.08. The number of hydrogen-bond donors (Lipinski definition) is 1. The number of halogens is 2. The minimum atomic E-state index is -0.222. The van der Waals surface area contributed by atoms with Crippen LogP contribution in [0, 0.1) is 0 Å². The third-order valence-electron chi connectivity index (χ3n) is 4.64. The molecule has 0 fully saturated rings. The quantitative estimate of drug-likeness (QED) is 0.369. The van der Waals surface area contributed by atoms with Crippen LogP contribution in [-0.2, 0) is 0 Å². The molecule has 0 atom stereocenters. The predicted octanol–water partition coefficient (Wildman–Crippen LogP) is 5.62. The molecule has 5 rings (SSSR count). The summed E-state index contributed by atoms with van der Waals surface area (Å²) < 4.78 is 0.401. The van der Waals surface area contributed by atoms with Gasteiger partial charge in [-0.3, -0.25) is 9.78 Å². The molecule has 0 aliphatic heterocycles. The van der Waals surface area contributed by atoms with Crippen molar-refractivity contribution in [1.29, 1.82) is 0 Å². The topological polar surface area (TPSA) is 71.5 Å². The van der Waals surface area contributed by atoms with Crippen molar-refractivity contribution >= 4 is 49.6 Å². The summed E-state index contributed by atoms with van der Waals surface area (Å²) in [4.78, 5) is 29.5. The number of H-pyrrole nitrogens is 1. The zero-order chi connectivity index (χ0) is 20.0. The molecule has 140 valence electrons. The molecule has 0 aliphatic carbocycles. The fourth-order valence-corrected chi connectivity index (χ4v) is 3.87. The third-order valence-corrected chi connectivity index (χ3v) is 5.52. The van der Waals surface area contributed by atoms with E-state index >= 15 is 0 Å². The molecule has 0 aliphatic rings. The van der Waals surface area contributed by atoms with Crippen LogP contribution >= 0.6 is 27.5 Å². The van der Waals surface area contributed by atoms with Gasteiger partial charge in [-0.25, -0.2) is 9.97 Å². The van der Waals surface area contributed by atoms with Gasteiger partial charge in [-0.15, -0.1) is 0 Å². The lowest BCUT2D eigenvalue weighted by Crippen LogP contribution is -2.09. The molecule has 0 saturated heterocycles. The molecular weight excluding hydrogens is 452 g/mol. The van der Waals surface area contributed by atoms with E-state index in [0.29, 0.717) is 32.0 Å². The second-order valence-corrected chi connectivity index (χ2v) is 7.74. The number of pyridine rings is 2. The molecule has 7 heteroatoms. The normalized spacial score (nSPS) is 11.2. The molecular formula is C22H12BrClN4O. The number of benzene rings is 2. The van der Waals surface area contributed by atoms with Crippen molar-refractivity contribution in [1.82, 2.24) is 19.9 Å². The van der Waals surface area contributed by atoms with Gasteiger partial charge >= 0.3 is 0 Å². The molecule has 0 unspecified atom stereocenters. The predicted molar refractivity (Wildman–Crippen MR) is 119 cm³/mol. The highest BCUT2D eigenvalue weighted by Gasteiger charge is 2.17. The minimum Gasteiger partial charge on any atom is -0.343 e. The minimum absolute atomic E-state index is 0.222. The Morgan fingerprint density at radius 3 is 2.52 bits per heavy atom. The molecule has 5 nitrogen and oxygen atoms in total. The zero-order valence-corrected chi connectivity index (χ0v) is 17.2. The molecule has 5 aromatic rings. The lowest BCUT2D eigenvalue weighted by atomic mass is 10.0. The number of aromatic amines is 1. The van der Waals surface area contributed by atoms with Crippen LogP contribution in [-0.4, -0.2) is 19.9 Å².